The number of hydrogen-bond donors (Lipinski definition) is 0. The highest BCUT2D eigenvalue weighted by atomic mass is 32.1. The van der Waals surface area contributed by atoms with Crippen molar-refractivity contribution in [3.8, 4) is 11.5 Å². The van der Waals surface area contributed by atoms with E-state index in [-0.39, 0.29) is 5.97 Å². The predicted molar refractivity (Wildman–Crippen MR) is 115 cm³/mol. The molecule has 0 spiro atoms. The van der Waals surface area contributed by atoms with Crippen molar-refractivity contribution in [3.63, 3.8) is 0 Å². The number of hydrogen-bond acceptors (Lipinski definition) is 5. The highest BCUT2D eigenvalue weighted by molar-refractivity contribution is 7.11. The van der Waals surface area contributed by atoms with Gasteiger partial charge in [0, 0.05) is 0 Å². The maximum Gasteiger partial charge on any atom is 0.343 e. The van der Waals surface area contributed by atoms with Crippen LogP contribution in [0.25, 0.3) is 11.8 Å². The van der Waals surface area contributed by atoms with Crippen molar-refractivity contribution in [2.75, 3.05) is 6.61 Å². The van der Waals surface area contributed by atoms with Crippen molar-refractivity contribution in [2.24, 2.45) is 0 Å². The normalized spacial score (nSPS) is 14.6. The van der Waals surface area contributed by atoms with Crippen molar-refractivity contribution in [1.82, 2.24) is 0 Å². The van der Waals surface area contributed by atoms with Gasteiger partial charge in [0.1, 0.15) is 12.4 Å². The first-order valence-corrected chi connectivity index (χ1v) is 10.2. The lowest BCUT2D eigenvalue weighted by Crippen LogP contribution is -2.00. The molecule has 4 rings (SSSR count). The summed E-state index contributed by atoms with van der Waals surface area (Å²) in [4.78, 5) is 13.2. The van der Waals surface area contributed by atoms with Gasteiger partial charge in [-0.15, -0.1) is 11.3 Å². The lowest BCUT2D eigenvalue weighted by atomic mass is 10.1. The fourth-order valence-electron chi connectivity index (χ4n) is 2.95. The summed E-state index contributed by atoms with van der Waals surface area (Å²) >= 11 is 1.54. The second kappa shape index (κ2) is 8.80. The van der Waals surface area contributed by atoms with Gasteiger partial charge in [-0.05, 0) is 53.8 Å². The summed E-state index contributed by atoms with van der Waals surface area (Å²) in [5.41, 5.74) is 2.44. The molecule has 2 heterocycles. The van der Waals surface area contributed by atoms with E-state index in [1.54, 1.807) is 12.2 Å². The van der Waals surface area contributed by atoms with E-state index in [9.17, 15) is 4.79 Å². The molecule has 3 aromatic rings. The number of cyclic esters (lactones) is 1. The third kappa shape index (κ3) is 4.58. The Morgan fingerprint density at radius 2 is 1.86 bits per heavy atom. The van der Waals surface area contributed by atoms with Gasteiger partial charge in [-0.2, -0.15) is 0 Å². The van der Waals surface area contributed by atoms with Crippen LogP contribution in [0.4, 0.5) is 0 Å². The highest BCUT2D eigenvalue weighted by Crippen LogP contribution is 2.33. The van der Waals surface area contributed by atoms with E-state index in [1.165, 1.54) is 11.3 Å². The van der Waals surface area contributed by atoms with Crippen LogP contribution in [0.2, 0.25) is 0 Å². The summed E-state index contributed by atoms with van der Waals surface area (Å²) in [5, 5.41) is 1.95. The molecule has 0 aliphatic carbocycles. The molecule has 1 aromatic heterocycles. The number of carbonyl (C=O) groups excluding carboxylic acids is 1. The third-order valence-electron chi connectivity index (χ3n) is 4.32. The van der Waals surface area contributed by atoms with Crippen LogP contribution in [0, 0.1) is 0 Å². The number of esters is 1. The molecule has 1 aliphatic rings. The molecule has 0 radical (unpaired) electrons. The number of rotatable bonds is 7. The Bertz CT molecular complexity index is 1050. The molecule has 0 amide bonds. The van der Waals surface area contributed by atoms with Gasteiger partial charge in [-0.3, -0.25) is 0 Å². The summed E-state index contributed by atoms with van der Waals surface area (Å²) < 4.78 is 17.1. The van der Waals surface area contributed by atoms with Crippen LogP contribution >= 0.6 is 11.3 Å². The van der Waals surface area contributed by atoms with Crippen LogP contribution in [0.1, 0.15) is 22.9 Å². The second-order valence-electron chi connectivity index (χ2n) is 6.39. The lowest BCUT2D eigenvalue weighted by Gasteiger charge is -2.13. The minimum absolute atomic E-state index is 0.351. The van der Waals surface area contributed by atoms with Gasteiger partial charge in [0.25, 0.3) is 0 Å². The van der Waals surface area contributed by atoms with Crippen molar-refractivity contribution in [1.29, 1.82) is 0 Å². The topological polar surface area (TPSA) is 44.8 Å². The van der Waals surface area contributed by atoms with Crippen molar-refractivity contribution in [2.45, 2.75) is 13.5 Å². The van der Waals surface area contributed by atoms with E-state index in [1.807, 2.05) is 73.0 Å². The first-order valence-electron chi connectivity index (χ1n) is 9.36. The Balaban J connectivity index is 1.56. The van der Waals surface area contributed by atoms with Crippen LogP contribution in [0.5, 0.6) is 11.5 Å². The zero-order valence-corrected chi connectivity index (χ0v) is 16.8. The van der Waals surface area contributed by atoms with Crippen LogP contribution in [-0.2, 0) is 16.1 Å². The fraction of sp³-hybridized carbons (Fsp3) is 0.125. The van der Waals surface area contributed by atoms with Crippen LogP contribution in [0.3, 0.4) is 0 Å². The van der Waals surface area contributed by atoms with Gasteiger partial charge in [-0.25, -0.2) is 4.79 Å². The molecular formula is C24H20O4S. The molecule has 1 aliphatic heterocycles. The molecule has 0 atom stereocenters. The summed E-state index contributed by atoms with van der Waals surface area (Å²) in [7, 11) is 0. The molecule has 29 heavy (non-hydrogen) atoms. The molecule has 0 bridgehead atoms. The second-order valence-corrected chi connectivity index (χ2v) is 7.34. The number of benzene rings is 2. The van der Waals surface area contributed by atoms with Gasteiger partial charge in [0.15, 0.2) is 11.5 Å². The van der Waals surface area contributed by atoms with E-state index < -0.39 is 0 Å². The fourth-order valence-corrected chi connectivity index (χ4v) is 3.62. The zero-order chi connectivity index (χ0) is 20.1. The molecule has 5 heteroatoms. The summed E-state index contributed by atoms with van der Waals surface area (Å²) in [6.45, 7) is 2.91. The highest BCUT2D eigenvalue weighted by Gasteiger charge is 2.22. The summed E-state index contributed by atoms with van der Waals surface area (Å²) in [6.07, 6.45) is 3.57. The summed E-state index contributed by atoms with van der Waals surface area (Å²) in [5.74, 6) is 1.55. The van der Waals surface area contributed by atoms with Crippen molar-refractivity contribution >= 4 is 29.1 Å². The van der Waals surface area contributed by atoms with E-state index in [0.717, 1.165) is 16.0 Å². The van der Waals surface area contributed by atoms with Gasteiger partial charge < -0.3 is 14.2 Å². The van der Waals surface area contributed by atoms with E-state index >= 15 is 0 Å². The molecule has 0 fully saturated rings. The number of thiophene rings is 1. The van der Waals surface area contributed by atoms with Crippen LogP contribution < -0.4 is 9.47 Å². The van der Waals surface area contributed by atoms with Crippen LogP contribution in [0.15, 0.2) is 77.7 Å². The smallest absolute Gasteiger partial charge is 0.343 e. The minimum atomic E-state index is -0.351. The largest absolute Gasteiger partial charge is 0.490 e. The molecule has 2 aromatic carbocycles. The molecule has 4 nitrogen and oxygen atoms in total. The third-order valence-corrected chi connectivity index (χ3v) is 5.20. The Kier molecular flexibility index (Phi) is 5.77. The van der Waals surface area contributed by atoms with Crippen molar-refractivity contribution in [3.05, 3.63) is 93.7 Å². The van der Waals surface area contributed by atoms with E-state index in [0.29, 0.717) is 36.0 Å². The Morgan fingerprint density at radius 3 is 2.62 bits per heavy atom. The van der Waals surface area contributed by atoms with Gasteiger partial charge in [0.2, 0.25) is 0 Å². The number of ether oxygens (including phenoxy) is 3. The van der Waals surface area contributed by atoms with Gasteiger partial charge in [-0.1, -0.05) is 42.5 Å². The predicted octanol–water partition coefficient (Wildman–Crippen LogP) is 5.71. The Morgan fingerprint density at radius 1 is 1.00 bits per heavy atom. The SMILES string of the molecule is CCOc1cc(C=C2C=C(c3cccs3)OC2=O)ccc1OCc1ccccc1. The molecule has 0 saturated carbocycles. The minimum Gasteiger partial charge on any atom is -0.490 e. The first-order chi connectivity index (χ1) is 14.2. The average molecular weight is 404 g/mol. The lowest BCUT2D eigenvalue weighted by molar-refractivity contribution is -0.130. The maximum absolute atomic E-state index is 12.2. The van der Waals surface area contributed by atoms with Gasteiger partial charge in [0.05, 0.1) is 17.1 Å². The molecular weight excluding hydrogens is 384 g/mol. The summed E-state index contributed by atoms with van der Waals surface area (Å²) in [6, 6.07) is 19.5. The first kappa shape index (κ1) is 19.0. The Labute approximate surface area is 173 Å². The quantitative estimate of drug-likeness (QED) is 0.374. The van der Waals surface area contributed by atoms with E-state index in [4.69, 9.17) is 14.2 Å². The molecule has 146 valence electrons. The zero-order valence-electron chi connectivity index (χ0n) is 16.0. The molecule has 0 saturated heterocycles. The Hall–Kier alpha value is -3.31. The molecule has 0 N–H and O–H groups in total. The maximum atomic E-state index is 12.2. The van der Waals surface area contributed by atoms with E-state index in [2.05, 4.69) is 0 Å². The monoisotopic (exact) mass is 404 g/mol. The molecule has 0 unspecified atom stereocenters. The standard InChI is InChI=1S/C24H20O4S/c1-2-26-21-14-18(10-11-20(21)27-16-17-7-4-3-5-8-17)13-19-15-22(28-24(19)25)23-9-6-12-29-23/h3-15H,2,16H2,1H3. The van der Waals surface area contributed by atoms with Crippen LogP contribution in [-0.4, -0.2) is 12.6 Å². The van der Waals surface area contributed by atoms with Gasteiger partial charge >= 0.3 is 5.97 Å². The van der Waals surface area contributed by atoms with Crippen molar-refractivity contribution < 1.29 is 19.0 Å². The number of carbonyl (C=O) groups is 1. The average Bonchev–Trinajstić information content (AvgIpc) is 3.39.